The van der Waals surface area contributed by atoms with E-state index in [0.29, 0.717) is 33.5 Å². The van der Waals surface area contributed by atoms with Crippen LogP contribution in [0.4, 0.5) is 24.8 Å². The first-order valence-electron chi connectivity index (χ1n) is 11.8. The predicted molar refractivity (Wildman–Crippen MR) is 143 cm³/mol. The fraction of sp³-hybridized carbons (Fsp3) is 0.103. The topological polar surface area (TPSA) is 103 Å². The summed E-state index contributed by atoms with van der Waals surface area (Å²) >= 11 is 0. The Morgan fingerprint density at radius 3 is 2.54 bits per heavy atom. The molecule has 0 bridgehead atoms. The van der Waals surface area contributed by atoms with E-state index in [9.17, 15) is 18.0 Å². The first-order valence-corrected chi connectivity index (χ1v) is 11.8. The number of nitrogen functional groups attached to an aromatic ring is 1. The van der Waals surface area contributed by atoms with Crippen molar-refractivity contribution in [3.8, 4) is 28.0 Å². The third kappa shape index (κ3) is 5.08. The average Bonchev–Trinajstić information content (AvgIpc) is 2.93. The number of ether oxygens (including phenoxy) is 1. The minimum Gasteiger partial charge on any atom is -0.495 e. The normalized spacial score (nSPS) is 11.4. The second-order valence-corrected chi connectivity index (χ2v) is 8.80. The number of hydrogen-bond donors (Lipinski definition) is 2. The second-order valence-electron chi connectivity index (χ2n) is 8.80. The summed E-state index contributed by atoms with van der Waals surface area (Å²) in [6.07, 6.45) is 0.416. The SMILES string of the molecule is COc1c(-c2cc(NC(=O)c3cccc(C(F)(F)F)c3)ccc2C)cc2cnc(N)nc2c1-c1cccnc1. The number of fused-ring (bicyclic) bond motifs is 1. The fourth-order valence-electron chi connectivity index (χ4n) is 4.39. The molecule has 0 atom stereocenters. The van der Waals surface area contributed by atoms with Gasteiger partial charge in [0.15, 0.2) is 0 Å². The van der Waals surface area contributed by atoms with Gasteiger partial charge in [0.25, 0.3) is 5.91 Å². The maximum absolute atomic E-state index is 13.1. The number of rotatable bonds is 5. The molecular weight excluding hydrogens is 507 g/mol. The summed E-state index contributed by atoms with van der Waals surface area (Å²) in [5.74, 6) is -0.0442. The van der Waals surface area contributed by atoms with Crippen molar-refractivity contribution in [3.63, 3.8) is 0 Å². The van der Waals surface area contributed by atoms with Crippen LogP contribution in [0.3, 0.4) is 0 Å². The number of nitrogens with zero attached hydrogens (tertiary/aromatic N) is 3. The molecular formula is C29H22F3N5O2. The van der Waals surface area contributed by atoms with Crippen molar-refractivity contribution in [1.82, 2.24) is 15.0 Å². The molecule has 3 N–H and O–H groups in total. The van der Waals surface area contributed by atoms with Gasteiger partial charge in [0.1, 0.15) is 5.75 Å². The van der Waals surface area contributed by atoms with E-state index in [0.717, 1.165) is 28.8 Å². The number of anilines is 2. The molecule has 0 radical (unpaired) electrons. The number of aryl methyl sites for hydroxylation is 1. The Balaban J connectivity index is 1.62. The van der Waals surface area contributed by atoms with Crippen LogP contribution in [0.5, 0.6) is 5.75 Å². The number of carbonyl (C=O) groups excluding carboxylic acids is 1. The number of methoxy groups -OCH3 is 1. The highest BCUT2D eigenvalue weighted by molar-refractivity contribution is 6.06. The second kappa shape index (κ2) is 10.1. The van der Waals surface area contributed by atoms with E-state index >= 15 is 0 Å². The van der Waals surface area contributed by atoms with Crippen molar-refractivity contribution in [2.75, 3.05) is 18.2 Å². The number of nitrogens with two attached hydrogens (primary N) is 1. The molecule has 5 aromatic rings. The van der Waals surface area contributed by atoms with E-state index in [4.69, 9.17) is 10.5 Å². The molecule has 5 rings (SSSR count). The van der Waals surface area contributed by atoms with Crippen molar-refractivity contribution in [2.24, 2.45) is 0 Å². The summed E-state index contributed by atoms with van der Waals surface area (Å²) < 4.78 is 45.3. The molecule has 0 saturated carbocycles. The van der Waals surface area contributed by atoms with Crippen LogP contribution in [0.15, 0.2) is 79.3 Å². The molecule has 3 aromatic carbocycles. The summed E-state index contributed by atoms with van der Waals surface area (Å²) in [5, 5.41) is 3.41. The molecule has 7 nitrogen and oxygen atoms in total. The Labute approximate surface area is 221 Å². The first kappa shape index (κ1) is 25.7. The van der Waals surface area contributed by atoms with Gasteiger partial charge >= 0.3 is 6.18 Å². The Kier molecular flexibility index (Phi) is 6.61. The molecule has 1 amide bonds. The largest absolute Gasteiger partial charge is 0.495 e. The minimum absolute atomic E-state index is 0.108. The number of carbonyl (C=O) groups is 1. The van der Waals surface area contributed by atoms with E-state index in [1.165, 1.54) is 12.1 Å². The van der Waals surface area contributed by atoms with Crippen molar-refractivity contribution < 1.29 is 22.7 Å². The number of aromatic nitrogens is 3. The molecule has 0 spiro atoms. The monoisotopic (exact) mass is 529 g/mol. The van der Waals surface area contributed by atoms with E-state index in [-0.39, 0.29) is 11.5 Å². The number of benzene rings is 3. The molecule has 0 fully saturated rings. The maximum atomic E-state index is 13.1. The molecule has 10 heteroatoms. The Morgan fingerprint density at radius 2 is 1.82 bits per heavy atom. The van der Waals surface area contributed by atoms with Crippen LogP contribution in [0.1, 0.15) is 21.5 Å². The summed E-state index contributed by atoms with van der Waals surface area (Å²) in [7, 11) is 1.55. The molecule has 39 heavy (non-hydrogen) atoms. The zero-order valence-corrected chi connectivity index (χ0v) is 20.9. The molecule has 0 aliphatic rings. The highest BCUT2D eigenvalue weighted by Gasteiger charge is 2.31. The lowest BCUT2D eigenvalue weighted by Crippen LogP contribution is -2.14. The van der Waals surface area contributed by atoms with E-state index in [1.807, 2.05) is 25.1 Å². The third-order valence-electron chi connectivity index (χ3n) is 6.24. The van der Waals surface area contributed by atoms with Crippen molar-refractivity contribution >= 4 is 28.4 Å². The summed E-state index contributed by atoms with van der Waals surface area (Å²) in [6.45, 7) is 1.90. The number of pyridine rings is 1. The van der Waals surface area contributed by atoms with Crippen molar-refractivity contribution in [3.05, 3.63) is 95.9 Å². The molecule has 0 aliphatic carbocycles. The number of nitrogens with one attached hydrogen (secondary N) is 1. The molecule has 0 unspecified atom stereocenters. The third-order valence-corrected chi connectivity index (χ3v) is 6.24. The van der Waals surface area contributed by atoms with Gasteiger partial charge in [0, 0.05) is 46.4 Å². The van der Waals surface area contributed by atoms with Gasteiger partial charge in [0.2, 0.25) is 5.95 Å². The lowest BCUT2D eigenvalue weighted by molar-refractivity contribution is -0.137. The zero-order valence-electron chi connectivity index (χ0n) is 20.9. The van der Waals surface area contributed by atoms with Gasteiger partial charge in [-0.25, -0.2) is 9.97 Å². The summed E-state index contributed by atoms with van der Waals surface area (Å²) in [5.41, 5.74) is 9.62. The molecule has 0 aliphatic heterocycles. The Hall–Kier alpha value is -4.99. The lowest BCUT2D eigenvalue weighted by Gasteiger charge is -2.19. The van der Waals surface area contributed by atoms with Crippen LogP contribution in [-0.4, -0.2) is 28.0 Å². The average molecular weight is 530 g/mol. The summed E-state index contributed by atoms with van der Waals surface area (Å²) in [4.78, 5) is 25.7. The van der Waals surface area contributed by atoms with Crippen LogP contribution in [0, 0.1) is 6.92 Å². The molecule has 2 heterocycles. The van der Waals surface area contributed by atoms with Crippen molar-refractivity contribution in [1.29, 1.82) is 0 Å². The van der Waals surface area contributed by atoms with Crippen LogP contribution in [0.25, 0.3) is 33.2 Å². The van der Waals surface area contributed by atoms with Crippen molar-refractivity contribution in [2.45, 2.75) is 13.1 Å². The Bertz CT molecular complexity index is 1710. The van der Waals surface area contributed by atoms with Gasteiger partial charge in [-0.2, -0.15) is 13.2 Å². The van der Waals surface area contributed by atoms with Gasteiger partial charge < -0.3 is 15.8 Å². The van der Waals surface area contributed by atoms with Gasteiger partial charge in [0.05, 0.1) is 23.8 Å². The minimum atomic E-state index is -4.56. The van der Waals surface area contributed by atoms with Crippen LogP contribution < -0.4 is 15.8 Å². The number of amides is 1. The highest BCUT2D eigenvalue weighted by Crippen LogP contribution is 2.44. The maximum Gasteiger partial charge on any atom is 0.416 e. The highest BCUT2D eigenvalue weighted by atomic mass is 19.4. The standard InChI is InChI=1S/C29H22F3N5O2/c1-16-8-9-21(36-27(38)17-5-3-7-20(11-17)29(30,31)32)13-22(16)23-12-19-15-35-28(33)37-25(19)24(26(23)39-2)18-6-4-10-34-14-18/h3-15H,1-2H3,(H,36,38)(H2,33,35,37). The van der Waals surface area contributed by atoms with Gasteiger partial charge in [-0.05, 0) is 60.5 Å². The number of alkyl halides is 3. The summed E-state index contributed by atoms with van der Waals surface area (Å²) in [6, 6.07) is 15.1. The zero-order chi connectivity index (χ0) is 27.7. The van der Waals surface area contributed by atoms with Gasteiger partial charge in [-0.3, -0.25) is 9.78 Å². The Morgan fingerprint density at radius 1 is 1.00 bits per heavy atom. The molecule has 196 valence electrons. The van der Waals surface area contributed by atoms with Gasteiger partial charge in [-0.1, -0.05) is 18.2 Å². The quantitative estimate of drug-likeness (QED) is 0.268. The lowest BCUT2D eigenvalue weighted by atomic mass is 9.92. The number of halogens is 3. The van der Waals surface area contributed by atoms with E-state index in [2.05, 4.69) is 20.3 Å². The molecule has 0 saturated heterocycles. The molecule has 2 aromatic heterocycles. The predicted octanol–water partition coefficient (Wildman–Crippen LogP) is 6.53. The fourth-order valence-corrected chi connectivity index (χ4v) is 4.39. The van der Waals surface area contributed by atoms with Gasteiger partial charge in [-0.15, -0.1) is 0 Å². The number of hydrogen-bond acceptors (Lipinski definition) is 6. The van der Waals surface area contributed by atoms with Crippen LogP contribution in [0.2, 0.25) is 0 Å². The smallest absolute Gasteiger partial charge is 0.416 e. The van der Waals surface area contributed by atoms with Crippen LogP contribution >= 0.6 is 0 Å². The van der Waals surface area contributed by atoms with E-state index in [1.54, 1.807) is 43.9 Å². The first-order chi connectivity index (χ1) is 18.7. The van der Waals surface area contributed by atoms with Crippen LogP contribution in [-0.2, 0) is 6.18 Å². The van der Waals surface area contributed by atoms with E-state index < -0.39 is 17.6 Å².